The van der Waals surface area contributed by atoms with E-state index in [1.54, 1.807) is 0 Å². The standard InChI is InChI=1S/C9H19N2O6PS/c1-4-5-6-17-9(13)10-8(7(12)11-19)18(14,15-2)16-3/h8,19H,4-6H2,1-3H3,(H,10,13)(H,11,12). The number of carbonyl (C=O) groups is 2. The number of hydrogen-bond acceptors (Lipinski definition) is 7. The third-order valence-corrected chi connectivity index (χ3v) is 4.40. The first-order valence-electron chi connectivity index (χ1n) is 5.53. The fraction of sp³-hybridized carbons (Fsp3) is 0.778. The van der Waals surface area contributed by atoms with Gasteiger partial charge in [0.15, 0.2) is 0 Å². The van der Waals surface area contributed by atoms with Crippen LogP contribution in [0.3, 0.4) is 0 Å². The van der Waals surface area contributed by atoms with Gasteiger partial charge in [0.25, 0.3) is 5.91 Å². The number of nitrogens with one attached hydrogen (secondary N) is 2. The maximum Gasteiger partial charge on any atom is 0.408 e. The number of carbonyl (C=O) groups excluding carboxylic acids is 2. The van der Waals surface area contributed by atoms with Crippen LogP contribution in [0.2, 0.25) is 0 Å². The molecule has 0 rings (SSSR count). The molecular formula is C9H19N2O6PS. The summed E-state index contributed by atoms with van der Waals surface area (Å²) in [5, 5.41) is 2.13. The van der Waals surface area contributed by atoms with Gasteiger partial charge in [0.2, 0.25) is 5.78 Å². The highest BCUT2D eigenvalue weighted by atomic mass is 32.1. The van der Waals surface area contributed by atoms with Crippen LogP contribution in [-0.4, -0.2) is 38.6 Å². The molecule has 0 aliphatic heterocycles. The largest absolute Gasteiger partial charge is 0.450 e. The summed E-state index contributed by atoms with van der Waals surface area (Å²) >= 11 is 3.55. The third kappa shape index (κ3) is 5.82. The lowest BCUT2D eigenvalue weighted by atomic mass is 10.4. The maximum atomic E-state index is 12.1. The number of amides is 2. The van der Waals surface area contributed by atoms with Crippen LogP contribution in [0.1, 0.15) is 19.8 Å². The average Bonchev–Trinajstić information content (AvgIpc) is 2.43. The van der Waals surface area contributed by atoms with Crippen LogP contribution < -0.4 is 10.0 Å². The second kappa shape index (κ2) is 9.19. The zero-order valence-electron chi connectivity index (χ0n) is 11.0. The van der Waals surface area contributed by atoms with E-state index in [1.165, 1.54) is 0 Å². The van der Waals surface area contributed by atoms with Crippen molar-refractivity contribution in [3.63, 3.8) is 0 Å². The summed E-state index contributed by atoms with van der Waals surface area (Å²) in [4.78, 5) is 23.0. The fourth-order valence-corrected chi connectivity index (χ4v) is 2.51. The maximum absolute atomic E-state index is 12.1. The Morgan fingerprint density at radius 3 is 2.32 bits per heavy atom. The van der Waals surface area contributed by atoms with Crippen molar-refractivity contribution in [1.82, 2.24) is 10.0 Å². The van der Waals surface area contributed by atoms with Gasteiger partial charge in [-0.05, 0) is 6.42 Å². The van der Waals surface area contributed by atoms with Crippen LogP contribution in [-0.2, 0) is 23.1 Å². The zero-order valence-corrected chi connectivity index (χ0v) is 12.8. The molecule has 0 heterocycles. The molecular weight excluding hydrogens is 295 g/mol. The first kappa shape index (κ1) is 18.2. The molecule has 1 unspecified atom stereocenters. The highest BCUT2D eigenvalue weighted by molar-refractivity contribution is 7.78. The molecule has 0 aromatic carbocycles. The van der Waals surface area contributed by atoms with Crippen molar-refractivity contribution >= 4 is 32.4 Å². The van der Waals surface area contributed by atoms with Crippen LogP contribution in [0.15, 0.2) is 0 Å². The molecule has 0 bridgehead atoms. The van der Waals surface area contributed by atoms with Gasteiger partial charge in [-0.15, -0.1) is 0 Å². The van der Waals surface area contributed by atoms with E-state index in [1.807, 2.05) is 11.6 Å². The Morgan fingerprint density at radius 1 is 1.32 bits per heavy atom. The lowest BCUT2D eigenvalue weighted by molar-refractivity contribution is -0.119. The SMILES string of the molecule is CCCCOC(=O)NC(C(=O)NS)P(=O)(OC)OC. The summed E-state index contributed by atoms with van der Waals surface area (Å²) in [5.41, 5.74) is 0. The smallest absolute Gasteiger partial charge is 0.408 e. The van der Waals surface area contributed by atoms with Crippen molar-refractivity contribution in [3.8, 4) is 0 Å². The molecule has 0 radical (unpaired) electrons. The van der Waals surface area contributed by atoms with Crippen molar-refractivity contribution in [2.24, 2.45) is 0 Å². The Morgan fingerprint density at radius 2 is 1.89 bits per heavy atom. The van der Waals surface area contributed by atoms with Gasteiger partial charge in [0.1, 0.15) is 0 Å². The highest BCUT2D eigenvalue weighted by Crippen LogP contribution is 2.50. The first-order chi connectivity index (χ1) is 8.95. The van der Waals surface area contributed by atoms with Gasteiger partial charge < -0.3 is 18.5 Å². The lowest BCUT2D eigenvalue weighted by Crippen LogP contribution is -2.45. The summed E-state index contributed by atoms with van der Waals surface area (Å²) < 4.78 is 28.2. The van der Waals surface area contributed by atoms with Crippen LogP contribution in [0.4, 0.5) is 4.79 Å². The minimum absolute atomic E-state index is 0.196. The van der Waals surface area contributed by atoms with Gasteiger partial charge in [0.05, 0.1) is 6.61 Å². The van der Waals surface area contributed by atoms with Crippen molar-refractivity contribution in [1.29, 1.82) is 0 Å². The minimum atomic E-state index is -3.83. The summed E-state index contributed by atoms with van der Waals surface area (Å²) in [6, 6.07) is 0. The summed E-state index contributed by atoms with van der Waals surface area (Å²) in [7, 11) is -1.62. The molecule has 0 aromatic heterocycles. The van der Waals surface area contributed by atoms with E-state index in [-0.39, 0.29) is 6.61 Å². The average molecular weight is 314 g/mol. The number of thiol groups is 1. The Kier molecular flexibility index (Phi) is 8.82. The van der Waals surface area contributed by atoms with E-state index < -0.39 is 25.4 Å². The predicted octanol–water partition coefficient (Wildman–Crippen LogP) is 1.29. The second-order valence-corrected chi connectivity index (χ2v) is 5.97. The zero-order chi connectivity index (χ0) is 14.9. The molecule has 0 aliphatic rings. The number of hydrogen-bond donors (Lipinski definition) is 3. The molecule has 10 heteroatoms. The van der Waals surface area contributed by atoms with Gasteiger partial charge >= 0.3 is 13.7 Å². The quantitative estimate of drug-likeness (QED) is 0.354. The van der Waals surface area contributed by atoms with E-state index in [4.69, 9.17) is 4.74 Å². The van der Waals surface area contributed by atoms with Crippen LogP contribution in [0, 0.1) is 0 Å². The Labute approximate surface area is 117 Å². The summed E-state index contributed by atoms with van der Waals surface area (Å²) in [6.07, 6.45) is 0.649. The van der Waals surface area contributed by atoms with E-state index in [0.29, 0.717) is 6.42 Å². The molecule has 2 N–H and O–H groups in total. The van der Waals surface area contributed by atoms with Crippen LogP contribution >= 0.6 is 20.4 Å². The van der Waals surface area contributed by atoms with Crippen molar-refractivity contribution in [3.05, 3.63) is 0 Å². The normalized spacial score (nSPS) is 12.6. The van der Waals surface area contributed by atoms with E-state index in [2.05, 4.69) is 27.2 Å². The molecule has 0 spiro atoms. The topological polar surface area (TPSA) is 103 Å². The van der Waals surface area contributed by atoms with E-state index in [0.717, 1.165) is 20.6 Å². The van der Waals surface area contributed by atoms with E-state index in [9.17, 15) is 14.2 Å². The molecule has 0 saturated heterocycles. The van der Waals surface area contributed by atoms with Gasteiger partial charge in [-0.1, -0.05) is 26.2 Å². The van der Waals surface area contributed by atoms with Gasteiger partial charge in [-0.25, -0.2) is 4.79 Å². The third-order valence-electron chi connectivity index (χ3n) is 2.17. The first-order valence-corrected chi connectivity index (χ1v) is 7.59. The monoisotopic (exact) mass is 314 g/mol. The summed E-state index contributed by atoms with van der Waals surface area (Å²) in [5.74, 6) is -2.36. The Hall–Kier alpha value is -0.760. The number of rotatable bonds is 8. The molecule has 0 saturated carbocycles. The van der Waals surface area contributed by atoms with Crippen molar-refractivity contribution in [2.45, 2.75) is 25.5 Å². The lowest BCUT2D eigenvalue weighted by Gasteiger charge is -2.23. The molecule has 1 atom stereocenters. The fourth-order valence-electron chi connectivity index (χ4n) is 1.10. The van der Waals surface area contributed by atoms with Gasteiger partial charge in [-0.3, -0.25) is 14.7 Å². The minimum Gasteiger partial charge on any atom is -0.450 e. The van der Waals surface area contributed by atoms with Crippen molar-refractivity contribution < 1.29 is 27.9 Å². The molecule has 0 fully saturated rings. The van der Waals surface area contributed by atoms with Gasteiger partial charge in [0, 0.05) is 14.2 Å². The number of ether oxygens (including phenoxy) is 1. The molecule has 8 nitrogen and oxygen atoms in total. The van der Waals surface area contributed by atoms with Gasteiger partial charge in [-0.2, -0.15) is 0 Å². The number of alkyl carbamates (subject to hydrolysis) is 1. The Balaban J connectivity index is 4.74. The van der Waals surface area contributed by atoms with Crippen LogP contribution in [0.5, 0.6) is 0 Å². The second-order valence-electron chi connectivity index (χ2n) is 3.42. The predicted molar refractivity (Wildman–Crippen MR) is 71.9 cm³/mol. The molecule has 0 aliphatic carbocycles. The molecule has 19 heavy (non-hydrogen) atoms. The van der Waals surface area contributed by atoms with Crippen LogP contribution in [0.25, 0.3) is 0 Å². The number of unbranched alkanes of at least 4 members (excludes halogenated alkanes) is 1. The molecule has 0 aromatic rings. The van der Waals surface area contributed by atoms with Crippen molar-refractivity contribution in [2.75, 3.05) is 20.8 Å². The molecule has 2 amide bonds. The highest BCUT2D eigenvalue weighted by Gasteiger charge is 2.41. The Bertz CT molecular complexity index is 346. The molecule has 112 valence electrons. The summed E-state index contributed by atoms with van der Waals surface area (Å²) in [6.45, 7) is 2.13. The van der Waals surface area contributed by atoms with E-state index >= 15 is 0 Å².